The number of aryl methyl sites for hydroxylation is 1. The second kappa shape index (κ2) is 5.45. The zero-order valence-corrected chi connectivity index (χ0v) is 10.2. The van der Waals surface area contributed by atoms with E-state index in [1.54, 1.807) is 10.8 Å². The van der Waals surface area contributed by atoms with E-state index in [0.717, 1.165) is 18.7 Å². The van der Waals surface area contributed by atoms with E-state index in [2.05, 4.69) is 4.98 Å². The Hall–Kier alpha value is -0.430. The molecule has 0 saturated heterocycles. The summed E-state index contributed by atoms with van der Waals surface area (Å²) in [5, 5.41) is 8.63. The van der Waals surface area contributed by atoms with Gasteiger partial charge in [-0.25, -0.2) is 4.98 Å². The van der Waals surface area contributed by atoms with Crippen LogP contribution in [-0.2, 0) is 6.54 Å². The lowest BCUT2D eigenvalue weighted by atomic mass is 10.3. The highest BCUT2D eigenvalue weighted by Gasteiger charge is 2.04. The number of aromatic nitrogens is 2. The van der Waals surface area contributed by atoms with Crippen LogP contribution in [0.3, 0.4) is 0 Å². The van der Waals surface area contributed by atoms with Crippen molar-refractivity contribution in [1.29, 1.82) is 0 Å². The van der Waals surface area contributed by atoms with E-state index in [9.17, 15) is 4.79 Å². The van der Waals surface area contributed by atoms with Crippen molar-refractivity contribution in [3.63, 3.8) is 0 Å². The van der Waals surface area contributed by atoms with Gasteiger partial charge in [-0.05, 0) is 42.4 Å². The van der Waals surface area contributed by atoms with Gasteiger partial charge < -0.3 is 5.11 Å². The van der Waals surface area contributed by atoms with Crippen molar-refractivity contribution in [2.45, 2.75) is 26.3 Å². The van der Waals surface area contributed by atoms with Crippen LogP contribution >= 0.6 is 22.6 Å². The van der Waals surface area contributed by atoms with Crippen molar-refractivity contribution in [1.82, 2.24) is 9.55 Å². The highest BCUT2D eigenvalue weighted by molar-refractivity contribution is 14.1. The van der Waals surface area contributed by atoms with Crippen molar-refractivity contribution < 1.29 is 5.11 Å². The summed E-state index contributed by atoms with van der Waals surface area (Å²) >= 11 is 1.98. The third-order valence-electron chi connectivity index (χ3n) is 1.99. The van der Waals surface area contributed by atoms with E-state index < -0.39 is 0 Å². The van der Waals surface area contributed by atoms with Gasteiger partial charge in [-0.15, -0.1) is 0 Å². The molecule has 0 unspecified atom stereocenters. The lowest BCUT2D eigenvalue weighted by Gasteiger charge is -2.08. The maximum absolute atomic E-state index is 11.6. The topological polar surface area (TPSA) is 55.1 Å². The molecule has 0 aliphatic heterocycles. The molecule has 0 spiro atoms. The molecule has 0 aliphatic rings. The van der Waals surface area contributed by atoms with Gasteiger partial charge >= 0.3 is 0 Å². The Kier molecular flexibility index (Phi) is 4.53. The summed E-state index contributed by atoms with van der Waals surface area (Å²) in [6, 6.07) is 0. The van der Waals surface area contributed by atoms with Crippen molar-refractivity contribution in [3.05, 3.63) is 25.9 Å². The monoisotopic (exact) mass is 308 g/mol. The number of aliphatic hydroxyl groups is 1. The molecule has 1 aromatic rings. The molecule has 0 atom stereocenters. The fourth-order valence-corrected chi connectivity index (χ4v) is 1.63. The summed E-state index contributed by atoms with van der Waals surface area (Å²) in [6.07, 6.45) is 3.11. The molecule has 78 valence electrons. The van der Waals surface area contributed by atoms with Crippen LogP contribution in [0.25, 0.3) is 0 Å². The second-order valence-corrected chi connectivity index (χ2v) is 4.20. The average Bonchev–Trinajstić information content (AvgIpc) is 2.18. The molecule has 5 heteroatoms. The fourth-order valence-electron chi connectivity index (χ4n) is 1.20. The SMILES string of the molecule is Cc1ncc(I)c(=O)n1CCCCO. The molecule has 0 aromatic carbocycles. The molecule has 0 aliphatic carbocycles. The first-order valence-electron chi connectivity index (χ1n) is 4.49. The third-order valence-corrected chi connectivity index (χ3v) is 2.73. The molecule has 1 heterocycles. The van der Waals surface area contributed by atoms with Gasteiger partial charge in [0.05, 0.1) is 3.57 Å². The van der Waals surface area contributed by atoms with E-state index >= 15 is 0 Å². The van der Waals surface area contributed by atoms with Gasteiger partial charge in [0, 0.05) is 19.3 Å². The molecular weight excluding hydrogens is 295 g/mol. The van der Waals surface area contributed by atoms with Gasteiger partial charge in [-0.2, -0.15) is 0 Å². The molecule has 0 bridgehead atoms. The van der Waals surface area contributed by atoms with Gasteiger partial charge in [0.1, 0.15) is 5.82 Å². The van der Waals surface area contributed by atoms with Gasteiger partial charge in [0.2, 0.25) is 0 Å². The third kappa shape index (κ3) is 2.78. The average molecular weight is 308 g/mol. The molecule has 14 heavy (non-hydrogen) atoms. The molecule has 1 aromatic heterocycles. The fraction of sp³-hybridized carbons (Fsp3) is 0.556. The smallest absolute Gasteiger partial charge is 0.266 e. The van der Waals surface area contributed by atoms with Crippen LogP contribution in [-0.4, -0.2) is 21.3 Å². The highest BCUT2D eigenvalue weighted by Crippen LogP contribution is 1.99. The number of hydrogen-bond donors (Lipinski definition) is 1. The van der Waals surface area contributed by atoms with Crippen LogP contribution in [0.5, 0.6) is 0 Å². The molecule has 0 amide bonds. The Balaban J connectivity index is 2.84. The predicted octanol–water partition coefficient (Wildman–Crippen LogP) is 0.929. The Morgan fingerprint density at radius 2 is 2.29 bits per heavy atom. The minimum Gasteiger partial charge on any atom is -0.396 e. The highest BCUT2D eigenvalue weighted by atomic mass is 127. The van der Waals surface area contributed by atoms with Crippen molar-refractivity contribution in [3.8, 4) is 0 Å². The lowest BCUT2D eigenvalue weighted by molar-refractivity contribution is 0.280. The zero-order chi connectivity index (χ0) is 10.6. The molecule has 4 nitrogen and oxygen atoms in total. The number of aliphatic hydroxyl groups excluding tert-OH is 1. The molecular formula is C9H13IN2O2. The summed E-state index contributed by atoms with van der Waals surface area (Å²) in [5.74, 6) is 0.730. The molecule has 0 saturated carbocycles. The number of nitrogens with zero attached hydrogens (tertiary/aromatic N) is 2. The molecule has 1 N–H and O–H groups in total. The molecule has 0 fully saturated rings. The summed E-state index contributed by atoms with van der Waals surface area (Å²) in [7, 11) is 0. The minimum absolute atomic E-state index is 0.0102. The predicted molar refractivity (Wildman–Crippen MR) is 62.3 cm³/mol. The second-order valence-electron chi connectivity index (χ2n) is 3.04. The van der Waals surface area contributed by atoms with Crippen molar-refractivity contribution >= 4 is 22.6 Å². The van der Waals surface area contributed by atoms with Crippen LogP contribution in [0.15, 0.2) is 11.0 Å². The van der Waals surface area contributed by atoms with Crippen LogP contribution in [0.1, 0.15) is 18.7 Å². The minimum atomic E-state index is 0.0102. The van der Waals surface area contributed by atoms with Gasteiger partial charge in [0.15, 0.2) is 0 Å². The van der Waals surface area contributed by atoms with E-state index in [1.807, 2.05) is 29.5 Å². The maximum atomic E-state index is 11.6. The largest absolute Gasteiger partial charge is 0.396 e. The van der Waals surface area contributed by atoms with Gasteiger partial charge in [-0.3, -0.25) is 9.36 Å². The maximum Gasteiger partial charge on any atom is 0.266 e. The Labute approximate surface area is 96.1 Å². The van der Waals surface area contributed by atoms with Gasteiger partial charge in [0.25, 0.3) is 5.56 Å². The number of unbranched alkanes of at least 4 members (excludes halogenated alkanes) is 1. The van der Waals surface area contributed by atoms with E-state index in [4.69, 9.17) is 5.11 Å². The Morgan fingerprint density at radius 1 is 1.57 bits per heavy atom. The van der Waals surface area contributed by atoms with Crippen LogP contribution in [0.2, 0.25) is 0 Å². The quantitative estimate of drug-likeness (QED) is 0.665. The van der Waals surface area contributed by atoms with Crippen molar-refractivity contribution in [2.75, 3.05) is 6.61 Å². The van der Waals surface area contributed by atoms with E-state index in [-0.39, 0.29) is 12.2 Å². The Morgan fingerprint density at radius 3 is 2.93 bits per heavy atom. The van der Waals surface area contributed by atoms with Crippen LogP contribution in [0.4, 0.5) is 0 Å². The number of halogens is 1. The van der Waals surface area contributed by atoms with E-state index in [0.29, 0.717) is 10.1 Å². The number of rotatable bonds is 4. The summed E-state index contributed by atoms with van der Waals surface area (Å²) in [4.78, 5) is 15.7. The lowest BCUT2D eigenvalue weighted by Crippen LogP contribution is -2.25. The molecule has 0 radical (unpaired) electrons. The Bertz CT molecular complexity index is 362. The normalized spacial score (nSPS) is 10.5. The van der Waals surface area contributed by atoms with Gasteiger partial charge in [-0.1, -0.05) is 0 Å². The van der Waals surface area contributed by atoms with Crippen molar-refractivity contribution in [2.24, 2.45) is 0 Å². The van der Waals surface area contributed by atoms with E-state index in [1.165, 1.54) is 0 Å². The summed E-state index contributed by atoms with van der Waals surface area (Å²) in [6.45, 7) is 2.62. The summed E-state index contributed by atoms with van der Waals surface area (Å²) < 4.78 is 2.29. The summed E-state index contributed by atoms with van der Waals surface area (Å²) in [5.41, 5.74) is 0.0102. The zero-order valence-electron chi connectivity index (χ0n) is 8.03. The van der Waals surface area contributed by atoms with Crippen LogP contribution in [0, 0.1) is 10.5 Å². The first-order valence-corrected chi connectivity index (χ1v) is 5.57. The first kappa shape index (κ1) is 11.6. The first-order chi connectivity index (χ1) is 6.66. The molecule has 1 rings (SSSR count). The standard InChI is InChI=1S/C9H13IN2O2/c1-7-11-6-8(10)9(14)12(7)4-2-3-5-13/h6,13H,2-5H2,1H3. The van der Waals surface area contributed by atoms with Crippen LogP contribution < -0.4 is 5.56 Å². The number of hydrogen-bond acceptors (Lipinski definition) is 3.